The summed E-state index contributed by atoms with van der Waals surface area (Å²) in [7, 11) is 1.32. The van der Waals surface area contributed by atoms with Crippen LogP contribution in [0.25, 0.3) is 11.1 Å². The fourth-order valence-corrected chi connectivity index (χ4v) is 4.07. The van der Waals surface area contributed by atoms with Gasteiger partial charge in [0.05, 0.1) is 12.0 Å². The summed E-state index contributed by atoms with van der Waals surface area (Å²) in [6, 6.07) is 18.2. The minimum atomic E-state index is -1.73. The quantitative estimate of drug-likeness (QED) is 0.340. The van der Waals surface area contributed by atoms with Crippen LogP contribution in [0.5, 0.6) is 5.88 Å². The molecule has 34 heavy (non-hydrogen) atoms. The molecule has 10 nitrogen and oxygen atoms in total. The van der Waals surface area contributed by atoms with Crippen LogP contribution in [0.4, 0.5) is 10.5 Å². The van der Waals surface area contributed by atoms with Crippen molar-refractivity contribution in [2.75, 3.05) is 20.3 Å². The molecule has 1 aliphatic rings. The van der Waals surface area contributed by atoms with Gasteiger partial charge in [0.15, 0.2) is 5.69 Å². The van der Waals surface area contributed by atoms with E-state index in [-0.39, 0.29) is 24.1 Å². The van der Waals surface area contributed by atoms with Gasteiger partial charge in [-0.1, -0.05) is 48.5 Å². The van der Waals surface area contributed by atoms with E-state index in [9.17, 15) is 25.1 Å². The number of rotatable bonds is 8. The normalized spacial score (nSPS) is 14.0. The zero-order valence-corrected chi connectivity index (χ0v) is 18.2. The van der Waals surface area contributed by atoms with E-state index in [1.807, 2.05) is 48.5 Å². The van der Waals surface area contributed by atoms with Gasteiger partial charge in [-0.2, -0.15) is 0 Å². The summed E-state index contributed by atoms with van der Waals surface area (Å²) in [5.41, 5.74) is 3.46. The molecule has 2 aromatic carbocycles. The molecule has 2 atom stereocenters. The maximum atomic E-state index is 12.3. The Hall–Kier alpha value is -4.02. The first-order chi connectivity index (χ1) is 16.4. The van der Waals surface area contributed by atoms with Crippen LogP contribution in [0.2, 0.25) is 0 Å². The third-order valence-electron chi connectivity index (χ3n) is 5.73. The summed E-state index contributed by atoms with van der Waals surface area (Å²) in [5, 5.41) is 34.3. The minimum Gasteiger partial charge on any atom is -0.481 e. The molecule has 0 spiro atoms. The number of nitro groups is 1. The lowest BCUT2D eigenvalue weighted by atomic mass is 9.98. The second-order valence-corrected chi connectivity index (χ2v) is 7.73. The fraction of sp³-hybridized carbons (Fsp3) is 0.250. The van der Waals surface area contributed by atoms with Crippen LogP contribution in [0.3, 0.4) is 0 Å². The Kier molecular flexibility index (Phi) is 6.71. The third kappa shape index (κ3) is 4.54. The number of nitrogens with zero attached hydrogens (tertiary/aromatic N) is 2. The van der Waals surface area contributed by atoms with Crippen LogP contribution in [-0.4, -0.2) is 52.6 Å². The van der Waals surface area contributed by atoms with Gasteiger partial charge >= 0.3 is 6.09 Å². The molecule has 3 N–H and O–H groups in total. The standard InChI is InChI=1S/C24H23N3O7/c1-33-21-11-10-19(27(31)32)22(26-21)23(29)20(28)12-25-24(30)34-13-18-16-8-4-2-6-14(16)15-7-3-5-9-17(15)18/h2-11,18,20,23,28-29H,12-13H2,1H3,(H,25,30). The van der Waals surface area contributed by atoms with Crippen molar-refractivity contribution in [3.63, 3.8) is 0 Å². The molecule has 10 heteroatoms. The van der Waals surface area contributed by atoms with E-state index in [0.29, 0.717) is 0 Å². The molecule has 0 fully saturated rings. The molecule has 0 radical (unpaired) electrons. The van der Waals surface area contributed by atoms with Crippen LogP contribution < -0.4 is 10.1 Å². The number of hydrogen-bond acceptors (Lipinski definition) is 8. The number of pyridine rings is 1. The van der Waals surface area contributed by atoms with Crippen LogP contribution >= 0.6 is 0 Å². The van der Waals surface area contributed by atoms with Crippen molar-refractivity contribution in [3.8, 4) is 17.0 Å². The van der Waals surface area contributed by atoms with Crippen molar-refractivity contribution in [1.82, 2.24) is 10.3 Å². The van der Waals surface area contributed by atoms with Gasteiger partial charge in [0, 0.05) is 24.6 Å². The molecule has 0 saturated carbocycles. The summed E-state index contributed by atoms with van der Waals surface area (Å²) >= 11 is 0. The first-order valence-corrected chi connectivity index (χ1v) is 10.5. The summed E-state index contributed by atoms with van der Waals surface area (Å²) in [5.74, 6) is -0.0892. The number of carbonyl (C=O) groups excluding carboxylic acids is 1. The lowest BCUT2D eigenvalue weighted by Gasteiger charge is -2.19. The number of ether oxygens (including phenoxy) is 2. The van der Waals surface area contributed by atoms with Crippen LogP contribution in [0, 0.1) is 10.1 Å². The number of carbonyl (C=O) groups is 1. The number of nitrogens with one attached hydrogen (secondary N) is 1. The average molecular weight is 465 g/mol. The summed E-state index contributed by atoms with van der Waals surface area (Å²) in [4.78, 5) is 26.7. The van der Waals surface area contributed by atoms with Crippen LogP contribution in [0.15, 0.2) is 60.7 Å². The Morgan fingerprint density at radius 1 is 1.09 bits per heavy atom. The topological polar surface area (TPSA) is 144 Å². The van der Waals surface area contributed by atoms with Crippen LogP contribution in [-0.2, 0) is 4.74 Å². The van der Waals surface area contributed by atoms with Gasteiger partial charge in [0.25, 0.3) is 5.69 Å². The Morgan fingerprint density at radius 3 is 2.29 bits per heavy atom. The van der Waals surface area contributed by atoms with Crippen LogP contribution in [0.1, 0.15) is 28.8 Å². The fourth-order valence-electron chi connectivity index (χ4n) is 4.07. The molecule has 0 aliphatic heterocycles. The van der Waals surface area contributed by atoms with Gasteiger partial charge < -0.3 is 25.0 Å². The largest absolute Gasteiger partial charge is 0.481 e. The number of hydrogen-bond donors (Lipinski definition) is 3. The minimum absolute atomic E-state index is 0.0383. The molecule has 1 aromatic heterocycles. The number of fused-ring (bicyclic) bond motifs is 3. The predicted molar refractivity (Wildman–Crippen MR) is 121 cm³/mol. The molecular formula is C24H23N3O7. The van der Waals surface area contributed by atoms with E-state index >= 15 is 0 Å². The van der Waals surface area contributed by atoms with Crippen molar-refractivity contribution in [1.29, 1.82) is 0 Å². The SMILES string of the molecule is COc1ccc([N+](=O)[O-])c(C(O)C(O)CNC(=O)OCC2c3ccccc3-c3ccccc32)n1. The second-order valence-electron chi connectivity index (χ2n) is 7.73. The number of alkyl carbamates (subject to hydrolysis) is 1. The molecule has 0 bridgehead atoms. The van der Waals surface area contributed by atoms with Crippen molar-refractivity contribution in [2.45, 2.75) is 18.1 Å². The van der Waals surface area contributed by atoms with Crippen molar-refractivity contribution >= 4 is 11.8 Å². The van der Waals surface area contributed by atoms with Gasteiger partial charge in [-0.25, -0.2) is 9.78 Å². The number of aliphatic hydroxyl groups is 2. The lowest BCUT2D eigenvalue weighted by molar-refractivity contribution is -0.386. The smallest absolute Gasteiger partial charge is 0.407 e. The summed E-state index contributed by atoms with van der Waals surface area (Å²) in [6.45, 7) is -0.324. The molecule has 2 unspecified atom stereocenters. The number of methoxy groups -OCH3 is 1. The first kappa shape index (κ1) is 23.1. The van der Waals surface area contributed by atoms with Gasteiger partial charge in [-0.05, 0) is 22.3 Å². The monoisotopic (exact) mass is 465 g/mol. The molecular weight excluding hydrogens is 442 g/mol. The first-order valence-electron chi connectivity index (χ1n) is 10.5. The molecule has 1 aliphatic carbocycles. The van der Waals surface area contributed by atoms with Gasteiger partial charge in [-0.15, -0.1) is 0 Å². The Morgan fingerprint density at radius 2 is 1.71 bits per heavy atom. The maximum Gasteiger partial charge on any atom is 0.407 e. The number of benzene rings is 2. The predicted octanol–water partition coefficient (Wildman–Crippen LogP) is 2.93. The third-order valence-corrected chi connectivity index (χ3v) is 5.73. The van der Waals surface area contributed by atoms with E-state index in [0.717, 1.165) is 28.3 Å². The molecule has 176 valence electrons. The van der Waals surface area contributed by atoms with Gasteiger partial charge in [0.2, 0.25) is 5.88 Å². The van der Waals surface area contributed by atoms with Gasteiger partial charge in [0.1, 0.15) is 18.8 Å². The zero-order valence-electron chi connectivity index (χ0n) is 18.2. The lowest BCUT2D eigenvalue weighted by Crippen LogP contribution is -2.36. The second kappa shape index (κ2) is 9.86. The zero-order chi connectivity index (χ0) is 24.2. The van der Waals surface area contributed by atoms with Crippen molar-refractivity contribution in [3.05, 3.63) is 87.6 Å². The highest BCUT2D eigenvalue weighted by molar-refractivity contribution is 5.79. The summed E-state index contributed by atoms with van der Waals surface area (Å²) in [6.07, 6.45) is -4.09. The molecule has 3 aromatic rings. The van der Waals surface area contributed by atoms with E-state index in [4.69, 9.17) is 9.47 Å². The van der Waals surface area contributed by atoms with Crippen molar-refractivity contribution < 1.29 is 29.4 Å². The highest BCUT2D eigenvalue weighted by Crippen LogP contribution is 2.44. The molecule has 4 rings (SSSR count). The Bertz CT molecular complexity index is 1170. The highest BCUT2D eigenvalue weighted by atomic mass is 16.6. The van der Waals surface area contributed by atoms with E-state index in [2.05, 4.69) is 10.3 Å². The highest BCUT2D eigenvalue weighted by Gasteiger charge is 2.31. The van der Waals surface area contributed by atoms with Crippen molar-refractivity contribution in [2.24, 2.45) is 0 Å². The Balaban J connectivity index is 1.37. The molecule has 1 amide bonds. The molecule has 1 heterocycles. The average Bonchev–Trinajstić information content (AvgIpc) is 3.18. The van der Waals surface area contributed by atoms with E-state index in [1.54, 1.807) is 0 Å². The molecule has 0 saturated heterocycles. The Labute approximate surface area is 194 Å². The maximum absolute atomic E-state index is 12.3. The summed E-state index contributed by atoms with van der Waals surface area (Å²) < 4.78 is 10.3. The van der Waals surface area contributed by atoms with E-state index < -0.39 is 35.5 Å². The number of aliphatic hydroxyl groups excluding tert-OH is 2. The number of amides is 1. The van der Waals surface area contributed by atoms with Gasteiger partial charge in [-0.3, -0.25) is 10.1 Å². The number of aromatic nitrogens is 1. The van der Waals surface area contributed by atoms with E-state index in [1.165, 1.54) is 13.2 Å².